The van der Waals surface area contributed by atoms with E-state index in [-0.39, 0.29) is 6.04 Å². The van der Waals surface area contributed by atoms with Crippen molar-refractivity contribution in [2.24, 2.45) is 0 Å². The van der Waals surface area contributed by atoms with E-state index in [0.29, 0.717) is 29.3 Å². The van der Waals surface area contributed by atoms with E-state index in [0.717, 1.165) is 48.3 Å². The van der Waals surface area contributed by atoms with Gasteiger partial charge in [0.2, 0.25) is 0 Å². The molecule has 2 heterocycles. The number of nitrogens with zero attached hydrogens (tertiary/aromatic N) is 1. The average Bonchev–Trinajstić information content (AvgIpc) is 3.60. The first kappa shape index (κ1) is 21.9. The second-order valence-electron chi connectivity index (χ2n) is 8.60. The molecule has 3 amide bonds. The van der Waals surface area contributed by atoms with E-state index in [1.807, 2.05) is 42.5 Å². The summed E-state index contributed by atoms with van der Waals surface area (Å²) in [5.74, 6) is -0.563. The Morgan fingerprint density at radius 3 is 2.71 bits per heavy atom. The number of fused-ring (bicyclic) bond motifs is 2. The number of carbonyl (C=O) groups excluding carboxylic acids is 3. The van der Waals surface area contributed by atoms with Crippen molar-refractivity contribution in [1.29, 1.82) is 0 Å². The van der Waals surface area contributed by atoms with Crippen molar-refractivity contribution in [3.8, 4) is 0 Å². The highest BCUT2D eigenvalue weighted by Gasteiger charge is 2.28. The van der Waals surface area contributed by atoms with Crippen molar-refractivity contribution in [2.45, 2.75) is 44.6 Å². The van der Waals surface area contributed by atoms with Crippen molar-refractivity contribution in [1.82, 2.24) is 15.6 Å². The van der Waals surface area contributed by atoms with Gasteiger partial charge in [0.25, 0.3) is 5.91 Å². The van der Waals surface area contributed by atoms with Crippen LogP contribution >= 0.6 is 0 Å². The Bertz CT molecular complexity index is 1270. The van der Waals surface area contributed by atoms with Gasteiger partial charge in [0.05, 0.1) is 23.0 Å². The number of carbonyl (C=O) groups is 3. The number of imide groups is 1. The third kappa shape index (κ3) is 4.57. The van der Waals surface area contributed by atoms with Crippen LogP contribution in [0.3, 0.4) is 0 Å². The molecule has 34 heavy (non-hydrogen) atoms. The van der Waals surface area contributed by atoms with Gasteiger partial charge in [0.1, 0.15) is 5.76 Å². The van der Waals surface area contributed by atoms with Crippen molar-refractivity contribution in [2.75, 3.05) is 6.61 Å². The van der Waals surface area contributed by atoms with E-state index in [4.69, 9.17) is 14.1 Å². The minimum atomic E-state index is -0.669. The molecule has 2 aliphatic carbocycles. The van der Waals surface area contributed by atoms with Gasteiger partial charge in [-0.15, -0.1) is 0 Å². The number of pyridine rings is 1. The summed E-state index contributed by atoms with van der Waals surface area (Å²) < 4.78 is 10.8. The maximum absolute atomic E-state index is 13.1. The van der Waals surface area contributed by atoms with Crippen molar-refractivity contribution in [3.05, 3.63) is 65.2 Å². The smallest absolute Gasteiger partial charge is 0.339 e. The molecule has 1 fully saturated rings. The van der Waals surface area contributed by atoms with Crippen LogP contribution in [0.4, 0.5) is 4.79 Å². The Balaban J connectivity index is 1.34. The molecule has 2 N–H and O–H groups in total. The Kier molecular flexibility index (Phi) is 6.12. The Labute approximate surface area is 196 Å². The molecule has 0 atom stereocenters. The Hall–Kier alpha value is -3.94. The van der Waals surface area contributed by atoms with Crippen LogP contribution in [0.5, 0.6) is 0 Å². The van der Waals surface area contributed by atoms with E-state index < -0.39 is 24.5 Å². The molecule has 0 saturated heterocycles. The molecule has 1 saturated carbocycles. The molecule has 8 heteroatoms. The van der Waals surface area contributed by atoms with Crippen molar-refractivity contribution in [3.63, 3.8) is 0 Å². The summed E-state index contributed by atoms with van der Waals surface area (Å²) >= 11 is 0. The van der Waals surface area contributed by atoms with Crippen LogP contribution < -0.4 is 10.6 Å². The first-order valence-corrected chi connectivity index (χ1v) is 11.5. The topological polar surface area (TPSA) is 111 Å². The van der Waals surface area contributed by atoms with Gasteiger partial charge in [-0.2, -0.15) is 0 Å². The number of allylic oxidation sites excluding steroid dienone is 1. The van der Waals surface area contributed by atoms with Gasteiger partial charge in [-0.05, 0) is 61.1 Å². The number of ether oxygens (including phenoxy) is 1. The molecule has 0 spiro atoms. The van der Waals surface area contributed by atoms with Crippen LogP contribution in [0, 0.1) is 0 Å². The fraction of sp³-hybridized carbons (Fsp3) is 0.308. The third-order valence-electron chi connectivity index (χ3n) is 6.28. The zero-order chi connectivity index (χ0) is 23.5. The monoisotopic (exact) mass is 459 g/mol. The van der Waals surface area contributed by atoms with Gasteiger partial charge in [0, 0.05) is 11.4 Å². The molecule has 174 valence electrons. The van der Waals surface area contributed by atoms with Gasteiger partial charge >= 0.3 is 12.0 Å². The molecule has 0 bridgehead atoms. The van der Waals surface area contributed by atoms with Gasteiger partial charge in [-0.25, -0.2) is 14.6 Å². The number of hydrogen-bond donors (Lipinski definition) is 2. The SMILES string of the molecule is O=C(COC(=O)c1c2c(nc3ccccc13)/C(=C/c1ccco1)CC2)NC(=O)NC1CCCC1. The molecule has 8 nitrogen and oxygen atoms in total. The molecule has 5 rings (SSSR count). The molecule has 1 aromatic carbocycles. The summed E-state index contributed by atoms with van der Waals surface area (Å²) in [7, 11) is 0. The zero-order valence-corrected chi connectivity index (χ0v) is 18.6. The Morgan fingerprint density at radius 1 is 1.09 bits per heavy atom. The molecule has 2 aliphatic rings. The summed E-state index contributed by atoms with van der Waals surface area (Å²) in [6.45, 7) is -0.544. The van der Waals surface area contributed by atoms with E-state index >= 15 is 0 Å². The predicted molar refractivity (Wildman–Crippen MR) is 126 cm³/mol. The summed E-state index contributed by atoms with van der Waals surface area (Å²) in [5, 5.41) is 5.68. The molecular weight excluding hydrogens is 434 g/mol. The van der Waals surface area contributed by atoms with Crippen LogP contribution in [-0.2, 0) is 16.0 Å². The van der Waals surface area contributed by atoms with Gasteiger partial charge in [-0.3, -0.25) is 10.1 Å². The molecule has 0 aliphatic heterocycles. The maximum atomic E-state index is 13.1. The van der Waals surface area contributed by atoms with Crippen LogP contribution in [-0.4, -0.2) is 35.5 Å². The molecule has 0 unspecified atom stereocenters. The van der Waals surface area contributed by atoms with E-state index in [2.05, 4.69) is 10.6 Å². The van der Waals surface area contributed by atoms with Crippen LogP contribution in [0.2, 0.25) is 0 Å². The molecule has 3 aromatic rings. The number of urea groups is 1. The summed E-state index contributed by atoms with van der Waals surface area (Å²) in [6.07, 6.45) is 8.83. The largest absolute Gasteiger partial charge is 0.465 e. The van der Waals surface area contributed by atoms with Gasteiger partial charge < -0.3 is 14.5 Å². The first-order valence-electron chi connectivity index (χ1n) is 11.5. The number of esters is 1. The minimum absolute atomic E-state index is 0.0875. The predicted octanol–water partition coefficient (Wildman–Crippen LogP) is 4.24. The zero-order valence-electron chi connectivity index (χ0n) is 18.6. The lowest BCUT2D eigenvalue weighted by atomic mass is 10.0. The molecule has 0 radical (unpaired) electrons. The number of amides is 3. The number of rotatable bonds is 5. The molecule has 2 aromatic heterocycles. The highest BCUT2D eigenvalue weighted by Crippen LogP contribution is 2.37. The normalized spacial score (nSPS) is 16.5. The maximum Gasteiger partial charge on any atom is 0.339 e. The number of benzene rings is 1. The van der Waals surface area contributed by atoms with E-state index in [1.54, 1.807) is 6.26 Å². The lowest BCUT2D eigenvalue weighted by molar-refractivity contribution is -0.123. The number of furan rings is 1. The van der Waals surface area contributed by atoms with Crippen LogP contribution in [0.25, 0.3) is 22.6 Å². The number of aromatic nitrogens is 1. The highest BCUT2D eigenvalue weighted by atomic mass is 16.5. The first-order chi connectivity index (χ1) is 16.6. The van der Waals surface area contributed by atoms with Crippen LogP contribution in [0.1, 0.15) is 59.5 Å². The Morgan fingerprint density at radius 2 is 1.91 bits per heavy atom. The van der Waals surface area contributed by atoms with Crippen LogP contribution in [0.15, 0.2) is 47.1 Å². The number of hydrogen-bond acceptors (Lipinski definition) is 6. The van der Waals surface area contributed by atoms with Crippen molar-refractivity contribution < 1.29 is 23.5 Å². The van der Waals surface area contributed by atoms with Crippen molar-refractivity contribution >= 4 is 40.5 Å². The molecular formula is C26H25N3O5. The van der Waals surface area contributed by atoms with Gasteiger partial charge in [0.15, 0.2) is 6.61 Å². The summed E-state index contributed by atoms with van der Waals surface area (Å²) in [5.41, 5.74) is 3.59. The quantitative estimate of drug-likeness (QED) is 0.552. The highest BCUT2D eigenvalue weighted by molar-refractivity contribution is 6.07. The number of nitrogens with one attached hydrogen (secondary N) is 2. The minimum Gasteiger partial charge on any atom is -0.465 e. The second kappa shape index (κ2) is 9.51. The lowest BCUT2D eigenvalue weighted by Crippen LogP contribution is -2.45. The lowest BCUT2D eigenvalue weighted by Gasteiger charge is -2.13. The van der Waals surface area contributed by atoms with Gasteiger partial charge in [-0.1, -0.05) is 31.0 Å². The fourth-order valence-corrected chi connectivity index (χ4v) is 4.71. The summed E-state index contributed by atoms with van der Waals surface area (Å²) in [6, 6.07) is 10.6. The number of para-hydroxylation sites is 1. The average molecular weight is 460 g/mol. The fourth-order valence-electron chi connectivity index (χ4n) is 4.71. The standard InChI is InChI=1S/C26H25N3O5/c30-22(29-26(32)27-17-6-1-2-7-17)15-34-25(31)23-19-9-3-4-10-21(19)28-24-16(11-12-20(23)24)14-18-8-5-13-33-18/h3-5,8-10,13-14,17H,1-2,6-7,11-12,15H2,(H2,27,29,30,32)/b16-14+. The summed E-state index contributed by atoms with van der Waals surface area (Å²) in [4.78, 5) is 42.2. The van der Waals surface area contributed by atoms with E-state index in [1.165, 1.54) is 0 Å². The second-order valence-corrected chi connectivity index (χ2v) is 8.60. The van der Waals surface area contributed by atoms with E-state index in [9.17, 15) is 14.4 Å². The third-order valence-corrected chi connectivity index (χ3v) is 6.28.